The summed E-state index contributed by atoms with van der Waals surface area (Å²) >= 11 is 0. The molecule has 0 fully saturated rings. The van der Waals surface area contributed by atoms with E-state index in [9.17, 15) is 19.2 Å². The Morgan fingerprint density at radius 3 is 1.85 bits per heavy atom. The third-order valence-electron chi connectivity index (χ3n) is 4.17. The summed E-state index contributed by atoms with van der Waals surface area (Å²) in [6, 6.07) is -0.862. The van der Waals surface area contributed by atoms with Crippen molar-refractivity contribution in [2.75, 3.05) is 28.4 Å². The SMILES string of the molecule is COC(=O)C1=C(C(=O)OC)C2C(C)=CC=CN2C(C(=O)OC)=C1C(=O)OC. The smallest absolute Gasteiger partial charge is 0.355 e. The second-order valence-electron chi connectivity index (χ2n) is 5.54. The first kappa shape index (κ1) is 20.0. The van der Waals surface area contributed by atoms with Crippen LogP contribution in [0.15, 0.2) is 46.3 Å². The standard InChI is InChI=1S/C18H19NO8/c1-9-7-6-8-19-13(9)11(16(21)25-3)10(15(20)24-2)12(17(22)26-4)14(19)18(23)27-5/h6-8,13H,1-5H3. The second-order valence-corrected chi connectivity index (χ2v) is 5.54. The Hall–Kier alpha value is -3.36. The highest BCUT2D eigenvalue weighted by molar-refractivity contribution is 6.17. The number of carbonyl (C=O) groups excluding carboxylic acids is 4. The van der Waals surface area contributed by atoms with E-state index >= 15 is 0 Å². The Balaban J connectivity index is 2.99. The molecule has 0 amide bonds. The van der Waals surface area contributed by atoms with E-state index in [1.165, 1.54) is 11.1 Å². The number of methoxy groups -OCH3 is 4. The number of fused-ring (bicyclic) bond motifs is 1. The van der Waals surface area contributed by atoms with Gasteiger partial charge in [-0.25, -0.2) is 19.2 Å². The first-order valence-electron chi connectivity index (χ1n) is 7.79. The molecule has 27 heavy (non-hydrogen) atoms. The van der Waals surface area contributed by atoms with Crippen molar-refractivity contribution in [1.29, 1.82) is 0 Å². The van der Waals surface area contributed by atoms with Crippen LogP contribution < -0.4 is 0 Å². The van der Waals surface area contributed by atoms with Crippen molar-refractivity contribution < 1.29 is 38.1 Å². The van der Waals surface area contributed by atoms with Crippen LogP contribution in [0.3, 0.4) is 0 Å². The highest BCUT2D eigenvalue weighted by Gasteiger charge is 2.47. The highest BCUT2D eigenvalue weighted by atomic mass is 16.5. The number of hydrogen-bond donors (Lipinski definition) is 0. The molecule has 0 aromatic heterocycles. The van der Waals surface area contributed by atoms with Gasteiger partial charge in [-0.3, -0.25) is 0 Å². The fraction of sp³-hybridized carbons (Fsp3) is 0.333. The number of ether oxygens (including phenoxy) is 4. The zero-order chi connectivity index (χ0) is 20.3. The van der Waals surface area contributed by atoms with E-state index in [1.54, 1.807) is 19.1 Å². The molecule has 144 valence electrons. The maximum Gasteiger partial charge on any atom is 0.355 e. The maximum atomic E-state index is 12.5. The summed E-state index contributed by atoms with van der Waals surface area (Å²) in [5, 5.41) is 0. The zero-order valence-corrected chi connectivity index (χ0v) is 15.5. The molecule has 0 saturated heterocycles. The molecule has 0 saturated carbocycles. The Kier molecular flexibility index (Phi) is 5.84. The first-order valence-corrected chi connectivity index (χ1v) is 7.79. The van der Waals surface area contributed by atoms with Gasteiger partial charge in [-0.1, -0.05) is 6.08 Å². The third-order valence-corrected chi connectivity index (χ3v) is 4.17. The number of esters is 4. The molecule has 2 aliphatic heterocycles. The van der Waals surface area contributed by atoms with Crippen LogP contribution in [0.4, 0.5) is 0 Å². The van der Waals surface area contributed by atoms with Crippen molar-refractivity contribution in [3.63, 3.8) is 0 Å². The average molecular weight is 377 g/mol. The molecule has 0 aliphatic carbocycles. The predicted octanol–water partition coefficient (Wildman–Crippen LogP) is 0.387. The summed E-state index contributed by atoms with van der Waals surface area (Å²) in [5.41, 5.74) is -0.598. The molecule has 1 atom stereocenters. The molecule has 0 radical (unpaired) electrons. The summed E-state index contributed by atoms with van der Waals surface area (Å²) in [7, 11) is 4.45. The summed E-state index contributed by atoms with van der Waals surface area (Å²) in [6.45, 7) is 1.71. The van der Waals surface area contributed by atoms with Crippen LogP contribution in [0.1, 0.15) is 6.92 Å². The van der Waals surface area contributed by atoms with Crippen molar-refractivity contribution in [3.8, 4) is 0 Å². The van der Waals surface area contributed by atoms with Crippen LogP contribution in [0.2, 0.25) is 0 Å². The van der Waals surface area contributed by atoms with Crippen molar-refractivity contribution in [1.82, 2.24) is 4.90 Å². The number of rotatable bonds is 4. The van der Waals surface area contributed by atoms with Crippen LogP contribution in [0.25, 0.3) is 0 Å². The number of allylic oxidation sites excluding steroid dienone is 2. The van der Waals surface area contributed by atoms with Gasteiger partial charge in [-0.15, -0.1) is 0 Å². The minimum absolute atomic E-state index is 0.143. The van der Waals surface area contributed by atoms with Crippen LogP contribution in [-0.4, -0.2) is 63.3 Å². The summed E-state index contributed by atoms with van der Waals surface area (Å²) in [6.07, 6.45) is 4.82. The molecule has 0 spiro atoms. The van der Waals surface area contributed by atoms with Crippen molar-refractivity contribution >= 4 is 23.9 Å². The Labute approximate surface area is 155 Å². The van der Waals surface area contributed by atoms with Gasteiger partial charge in [-0.2, -0.15) is 0 Å². The van der Waals surface area contributed by atoms with Gasteiger partial charge in [-0.05, 0) is 18.6 Å². The lowest BCUT2D eigenvalue weighted by molar-refractivity contribution is -0.143. The third kappa shape index (κ3) is 3.23. The number of carbonyl (C=O) groups is 4. The quantitative estimate of drug-likeness (QED) is 0.507. The van der Waals surface area contributed by atoms with Crippen LogP contribution >= 0.6 is 0 Å². The van der Waals surface area contributed by atoms with E-state index in [0.717, 1.165) is 28.4 Å². The van der Waals surface area contributed by atoms with Gasteiger partial charge in [0.05, 0.1) is 45.6 Å². The van der Waals surface area contributed by atoms with Gasteiger partial charge in [0.1, 0.15) is 11.3 Å². The predicted molar refractivity (Wildman–Crippen MR) is 90.6 cm³/mol. The highest BCUT2D eigenvalue weighted by Crippen LogP contribution is 2.39. The monoisotopic (exact) mass is 377 g/mol. The van der Waals surface area contributed by atoms with E-state index in [4.69, 9.17) is 18.9 Å². The largest absolute Gasteiger partial charge is 0.466 e. The zero-order valence-electron chi connectivity index (χ0n) is 15.5. The topological polar surface area (TPSA) is 108 Å². The van der Waals surface area contributed by atoms with E-state index in [1.807, 2.05) is 0 Å². The molecule has 2 aliphatic rings. The minimum Gasteiger partial charge on any atom is -0.466 e. The molecule has 2 rings (SSSR count). The maximum absolute atomic E-state index is 12.5. The average Bonchev–Trinajstić information content (AvgIpc) is 2.69. The molecule has 0 aromatic carbocycles. The fourth-order valence-corrected chi connectivity index (χ4v) is 3.02. The van der Waals surface area contributed by atoms with Crippen molar-refractivity contribution in [2.45, 2.75) is 13.0 Å². The fourth-order valence-electron chi connectivity index (χ4n) is 3.02. The Bertz CT molecular complexity index is 830. The summed E-state index contributed by atoms with van der Waals surface area (Å²) < 4.78 is 19.1. The van der Waals surface area contributed by atoms with E-state index < -0.39 is 41.1 Å². The lowest BCUT2D eigenvalue weighted by Crippen LogP contribution is -2.46. The minimum atomic E-state index is -1.00. The van der Waals surface area contributed by atoms with Gasteiger partial charge >= 0.3 is 23.9 Å². The number of hydrogen-bond acceptors (Lipinski definition) is 9. The van der Waals surface area contributed by atoms with Crippen LogP contribution in [0.5, 0.6) is 0 Å². The van der Waals surface area contributed by atoms with Crippen molar-refractivity contribution in [3.05, 3.63) is 46.3 Å². The molecule has 9 nitrogen and oxygen atoms in total. The summed E-state index contributed by atoms with van der Waals surface area (Å²) in [4.78, 5) is 51.4. The second kappa shape index (κ2) is 7.90. The van der Waals surface area contributed by atoms with E-state index in [2.05, 4.69) is 0 Å². The van der Waals surface area contributed by atoms with Gasteiger partial charge in [0.15, 0.2) is 0 Å². The molecule has 0 bridgehead atoms. The van der Waals surface area contributed by atoms with Crippen LogP contribution in [-0.2, 0) is 38.1 Å². The first-order chi connectivity index (χ1) is 12.8. The van der Waals surface area contributed by atoms with Crippen molar-refractivity contribution in [2.24, 2.45) is 0 Å². The van der Waals surface area contributed by atoms with Gasteiger partial charge in [0, 0.05) is 6.20 Å². The Morgan fingerprint density at radius 1 is 0.815 bits per heavy atom. The molecule has 9 heteroatoms. The lowest BCUT2D eigenvalue weighted by atomic mass is 9.83. The van der Waals surface area contributed by atoms with E-state index in [-0.39, 0.29) is 11.3 Å². The molecule has 2 heterocycles. The molecular formula is C18H19NO8. The Morgan fingerprint density at radius 2 is 1.33 bits per heavy atom. The lowest BCUT2D eigenvalue weighted by Gasteiger charge is -2.39. The van der Waals surface area contributed by atoms with E-state index in [0.29, 0.717) is 5.57 Å². The van der Waals surface area contributed by atoms with Gasteiger partial charge < -0.3 is 23.8 Å². The summed E-state index contributed by atoms with van der Waals surface area (Å²) in [5.74, 6) is -3.72. The molecular weight excluding hydrogens is 358 g/mol. The van der Waals surface area contributed by atoms with Gasteiger partial charge in [0.2, 0.25) is 0 Å². The molecule has 1 unspecified atom stereocenters. The van der Waals surface area contributed by atoms with Gasteiger partial charge in [0.25, 0.3) is 0 Å². The normalized spacial score (nSPS) is 18.5. The molecule has 0 N–H and O–H groups in total. The molecule has 0 aromatic rings. The van der Waals surface area contributed by atoms with Crippen LogP contribution in [0, 0.1) is 0 Å². The number of nitrogens with zero attached hydrogens (tertiary/aromatic N) is 1.